The maximum absolute atomic E-state index is 14.6. The molecule has 0 heterocycles. The van der Waals surface area contributed by atoms with Crippen LogP contribution in [0, 0.1) is 0 Å². The smallest absolute Gasteiger partial charge is 0.407 e. The van der Waals surface area contributed by atoms with Gasteiger partial charge in [-0.15, -0.1) is 0 Å². The van der Waals surface area contributed by atoms with E-state index in [2.05, 4.69) is 10.6 Å². The van der Waals surface area contributed by atoms with E-state index >= 15 is 0 Å². The van der Waals surface area contributed by atoms with Crippen LogP contribution in [-0.2, 0) is 38.2 Å². The lowest BCUT2D eigenvalue weighted by Crippen LogP contribution is -2.46. The summed E-state index contributed by atoms with van der Waals surface area (Å²) in [5.74, 6) is -1.63. The molecule has 10 heteroatoms. The number of benzene rings is 4. The van der Waals surface area contributed by atoms with Gasteiger partial charge >= 0.3 is 12.2 Å². The molecule has 236 valence electrons. The van der Waals surface area contributed by atoms with Crippen LogP contribution in [0.3, 0.4) is 0 Å². The minimum absolute atomic E-state index is 0.0229. The number of ether oxygens (including phenoxy) is 2. The van der Waals surface area contributed by atoms with Gasteiger partial charge in [0.2, 0.25) is 7.37 Å². The minimum Gasteiger partial charge on any atom is -0.445 e. The lowest BCUT2D eigenvalue weighted by molar-refractivity contribution is 0.119. The highest BCUT2D eigenvalue weighted by Gasteiger charge is 2.42. The Bertz CT molecular complexity index is 1510. The van der Waals surface area contributed by atoms with Gasteiger partial charge in [0, 0.05) is 0 Å². The molecule has 0 fully saturated rings. The Morgan fingerprint density at radius 3 is 1.62 bits per heavy atom. The van der Waals surface area contributed by atoms with Crippen LogP contribution in [0.4, 0.5) is 9.59 Å². The number of carbonyl (C=O) groups is 2. The van der Waals surface area contributed by atoms with Crippen molar-refractivity contribution in [1.29, 1.82) is 0 Å². The van der Waals surface area contributed by atoms with Crippen molar-refractivity contribution in [3.05, 3.63) is 144 Å². The van der Waals surface area contributed by atoms with E-state index in [0.717, 1.165) is 16.7 Å². The van der Waals surface area contributed by atoms with E-state index in [4.69, 9.17) is 14.0 Å². The molecule has 0 aromatic heterocycles. The molecule has 2 amide bonds. The molecular weight excluding hydrogens is 591 g/mol. The predicted molar refractivity (Wildman–Crippen MR) is 173 cm³/mol. The first-order valence-electron chi connectivity index (χ1n) is 14.8. The fourth-order valence-corrected chi connectivity index (χ4v) is 7.28. The number of nitrogens with one attached hydrogen (secondary N) is 2. The summed E-state index contributed by atoms with van der Waals surface area (Å²) in [6.07, 6.45) is -1.58. The summed E-state index contributed by atoms with van der Waals surface area (Å²) in [4.78, 5) is 25.9. The van der Waals surface area contributed by atoms with E-state index in [1.54, 1.807) is 31.2 Å². The molecule has 0 saturated heterocycles. The van der Waals surface area contributed by atoms with Crippen LogP contribution >= 0.6 is 7.37 Å². The van der Waals surface area contributed by atoms with E-state index in [0.29, 0.717) is 5.56 Å². The van der Waals surface area contributed by atoms with Crippen molar-refractivity contribution in [3.63, 3.8) is 0 Å². The lowest BCUT2D eigenvalue weighted by atomic mass is 10.1. The van der Waals surface area contributed by atoms with Gasteiger partial charge in [0.15, 0.2) is 5.85 Å². The summed E-state index contributed by atoms with van der Waals surface area (Å²) in [6.45, 7) is 1.78. The number of aliphatic hydroxyl groups is 1. The molecule has 0 saturated carbocycles. The Kier molecular flexibility index (Phi) is 12.8. The second-order valence-electron chi connectivity index (χ2n) is 10.4. The maximum Gasteiger partial charge on any atom is 0.407 e. The van der Waals surface area contributed by atoms with Gasteiger partial charge in [0.25, 0.3) is 0 Å². The van der Waals surface area contributed by atoms with Crippen molar-refractivity contribution in [1.82, 2.24) is 10.6 Å². The average molecular weight is 631 g/mol. The summed E-state index contributed by atoms with van der Waals surface area (Å²) in [5, 5.41) is 17.3. The fraction of sp³-hybridized carbons (Fsp3) is 0.257. The third-order valence-electron chi connectivity index (χ3n) is 7.07. The molecule has 0 bridgehead atoms. The molecule has 3 N–H and O–H groups in total. The first kappa shape index (κ1) is 33.5. The van der Waals surface area contributed by atoms with Crippen molar-refractivity contribution in [3.8, 4) is 0 Å². The van der Waals surface area contributed by atoms with Gasteiger partial charge in [-0.3, -0.25) is 4.57 Å². The summed E-state index contributed by atoms with van der Waals surface area (Å²) >= 11 is 0. The van der Waals surface area contributed by atoms with Gasteiger partial charge in [0.1, 0.15) is 13.2 Å². The highest BCUT2D eigenvalue weighted by atomic mass is 31.2. The van der Waals surface area contributed by atoms with E-state index in [9.17, 15) is 19.3 Å². The van der Waals surface area contributed by atoms with Crippen LogP contribution < -0.4 is 10.6 Å². The summed E-state index contributed by atoms with van der Waals surface area (Å²) in [5.41, 5.74) is 3.06. The fourth-order valence-electron chi connectivity index (χ4n) is 4.83. The van der Waals surface area contributed by atoms with Gasteiger partial charge < -0.3 is 29.7 Å². The Balaban J connectivity index is 1.54. The number of rotatable bonds is 15. The van der Waals surface area contributed by atoms with Gasteiger partial charge in [-0.25, -0.2) is 9.59 Å². The summed E-state index contributed by atoms with van der Waals surface area (Å²) in [6, 6.07) is 34.8. The zero-order valence-corrected chi connectivity index (χ0v) is 26.1. The quantitative estimate of drug-likeness (QED) is 0.123. The molecule has 9 nitrogen and oxygen atoms in total. The maximum atomic E-state index is 14.6. The third kappa shape index (κ3) is 10.6. The van der Waals surface area contributed by atoms with Crippen molar-refractivity contribution in [2.45, 2.75) is 44.5 Å². The number of carbonyl (C=O) groups excluding carboxylic acids is 2. The molecular formula is C35H39N2O7P. The first-order valence-corrected chi connectivity index (χ1v) is 16.7. The Morgan fingerprint density at radius 1 is 0.689 bits per heavy atom. The number of amides is 2. The molecule has 4 unspecified atom stereocenters. The van der Waals surface area contributed by atoms with Crippen LogP contribution in [0.5, 0.6) is 0 Å². The molecule has 0 radical (unpaired) electrons. The van der Waals surface area contributed by atoms with Gasteiger partial charge in [-0.05, 0) is 35.6 Å². The topological polar surface area (TPSA) is 123 Å². The van der Waals surface area contributed by atoms with Crippen LogP contribution in [-0.4, -0.2) is 41.9 Å². The summed E-state index contributed by atoms with van der Waals surface area (Å²) in [7, 11) is -3.98. The lowest BCUT2D eigenvalue weighted by Gasteiger charge is -2.32. The number of hydrogen-bond donors (Lipinski definition) is 3. The molecule has 45 heavy (non-hydrogen) atoms. The van der Waals surface area contributed by atoms with Gasteiger partial charge in [0.05, 0.1) is 24.9 Å². The molecule has 0 spiro atoms. The second kappa shape index (κ2) is 17.2. The third-order valence-corrected chi connectivity index (χ3v) is 9.80. The van der Waals surface area contributed by atoms with Crippen LogP contribution in [0.15, 0.2) is 121 Å². The minimum atomic E-state index is -3.98. The standard InChI is InChI=1S/C35H39N2O7P/c1-2-44-45(41,26-32(30-21-13-6-14-22-30)37-35(40)43-25-29-19-11-5-12-20-29)33(38)31(23-27-15-7-3-8-16-27)36-34(39)42-24-28-17-9-4-10-18-28/h3-22,31-33,38H,2,23-26H2,1H3,(H,36,39)(H,37,40). The van der Waals surface area contributed by atoms with Crippen molar-refractivity contribution in [2.75, 3.05) is 12.8 Å². The monoisotopic (exact) mass is 630 g/mol. The van der Waals surface area contributed by atoms with E-state index in [-0.39, 0.29) is 32.4 Å². The largest absolute Gasteiger partial charge is 0.445 e. The Morgan fingerprint density at radius 2 is 1.13 bits per heavy atom. The molecule has 0 aliphatic heterocycles. The average Bonchev–Trinajstić information content (AvgIpc) is 3.07. The van der Waals surface area contributed by atoms with E-state index in [1.165, 1.54) is 0 Å². The van der Waals surface area contributed by atoms with E-state index in [1.807, 2.05) is 97.1 Å². The first-order chi connectivity index (χ1) is 21.9. The molecule has 4 atom stereocenters. The highest BCUT2D eigenvalue weighted by Crippen LogP contribution is 2.54. The van der Waals surface area contributed by atoms with Crippen LogP contribution in [0.2, 0.25) is 0 Å². The number of aliphatic hydroxyl groups excluding tert-OH is 1. The number of alkyl carbamates (subject to hydrolysis) is 2. The van der Waals surface area contributed by atoms with Gasteiger partial charge in [-0.2, -0.15) is 0 Å². The van der Waals surface area contributed by atoms with Crippen molar-refractivity contribution >= 4 is 19.6 Å². The SMILES string of the molecule is CCOP(=O)(CC(NC(=O)OCc1ccccc1)c1ccccc1)C(O)C(Cc1ccccc1)NC(=O)OCc1ccccc1. The molecule has 4 rings (SSSR count). The zero-order valence-electron chi connectivity index (χ0n) is 25.2. The van der Waals surface area contributed by atoms with Crippen molar-refractivity contribution in [2.24, 2.45) is 0 Å². The summed E-state index contributed by atoms with van der Waals surface area (Å²) < 4.78 is 31.3. The van der Waals surface area contributed by atoms with Crippen molar-refractivity contribution < 1.29 is 33.3 Å². The molecule has 4 aromatic carbocycles. The Labute approximate surface area is 264 Å². The Hall–Kier alpha value is -4.43. The highest BCUT2D eigenvalue weighted by molar-refractivity contribution is 7.59. The molecule has 0 aliphatic rings. The molecule has 0 aliphatic carbocycles. The molecule has 4 aromatic rings. The number of hydrogen-bond acceptors (Lipinski definition) is 7. The van der Waals surface area contributed by atoms with Gasteiger partial charge in [-0.1, -0.05) is 121 Å². The van der Waals surface area contributed by atoms with Crippen LogP contribution in [0.25, 0.3) is 0 Å². The second-order valence-corrected chi connectivity index (χ2v) is 13.0. The van der Waals surface area contributed by atoms with Crippen LogP contribution in [0.1, 0.15) is 35.2 Å². The predicted octanol–water partition coefficient (Wildman–Crippen LogP) is 6.82. The van der Waals surface area contributed by atoms with E-state index < -0.39 is 37.5 Å². The normalized spacial score (nSPS) is 14.3. The zero-order chi connectivity index (χ0) is 31.9.